The fraction of sp³-hybridized carbons (Fsp3) is 0. The van der Waals surface area contributed by atoms with Crippen LogP contribution in [0.4, 0.5) is 0 Å². The fourth-order valence-electron chi connectivity index (χ4n) is 8.73. The van der Waals surface area contributed by atoms with Crippen LogP contribution in [0.3, 0.4) is 0 Å². The lowest BCUT2D eigenvalue weighted by molar-refractivity contribution is 0.669. The van der Waals surface area contributed by atoms with Gasteiger partial charge in [-0.15, -0.1) is 0 Å². The van der Waals surface area contributed by atoms with Gasteiger partial charge in [0.2, 0.25) is 0 Å². The van der Waals surface area contributed by atoms with Gasteiger partial charge in [0.15, 0.2) is 17.5 Å². The molecule has 0 unspecified atom stereocenters. The molecule has 260 valence electrons. The van der Waals surface area contributed by atoms with Crippen LogP contribution in [0.5, 0.6) is 0 Å². The quantitative estimate of drug-likeness (QED) is 0.167. The van der Waals surface area contributed by atoms with Crippen molar-refractivity contribution < 1.29 is 4.42 Å². The van der Waals surface area contributed by atoms with Crippen molar-refractivity contribution in [1.82, 2.24) is 19.5 Å². The zero-order valence-corrected chi connectivity index (χ0v) is 30.0. The highest BCUT2D eigenvalue weighted by Gasteiger charge is 2.21. The fourth-order valence-corrected chi connectivity index (χ4v) is 8.73. The molecule has 9 aromatic carbocycles. The van der Waals surface area contributed by atoms with E-state index in [-0.39, 0.29) is 0 Å². The average Bonchev–Trinajstić information content (AvgIpc) is 3.83. The molecule has 0 saturated carbocycles. The van der Waals surface area contributed by atoms with Crippen molar-refractivity contribution in [3.05, 3.63) is 182 Å². The number of hydrogen-bond donors (Lipinski definition) is 0. The summed E-state index contributed by atoms with van der Waals surface area (Å²) < 4.78 is 8.92. The van der Waals surface area contributed by atoms with Crippen molar-refractivity contribution in [2.75, 3.05) is 0 Å². The highest BCUT2D eigenvalue weighted by atomic mass is 16.3. The number of benzene rings is 9. The van der Waals surface area contributed by atoms with Gasteiger partial charge in [-0.1, -0.05) is 140 Å². The van der Waals surface area contributed by atoms with Crippen molar-refractivity contribution in [2.24, 2.45) is 0 Å². The summed E-state index contributed by atoms with van der Waals surface area (Å²) in [6.45, 7) is 0. The lowest BCUT2D eigenvalue weighted by atomic mass is 9.95. The highest BCUT2D eigenvalue weighted by molar-refractivity contribution is 6.34. The molecule has 0 aliphatic rings. The molecule has 0 fully saturated rings. The Labute approximate surface area is 321 Å². The van der Waals surface area contributed by atoms with Gasteiger partial charge in [0.05, 0.1) is 11.0 Å². The molecule has 0 N–H and O–H groups in total. The molecule has 3 aromatic heterocycles. The SMILES string of the molecule is c1ccc(-c2nc(-c3ccccc3)nc(-c3cccc4oc5ccc(-c6cccc(-n7c8cccc9c%10ccccc%10c%10cccc7c%10c98)c6)cc5c34)n2)cc1. The van der Waals surface area contributed by atoms with E-state index < -0.39 is 0 Å². The van der Waals surface area contributed by atoms with Crippen LogP contribution < -0.4 is 0 Å². The Morgan fingerprint density at radius 2 is 0.875 bits per heavy atom. The predicted molar refractivity (Wildman–Crippen MR) is 229 cm³/mol. The standard InChI is InChI=1S/C51H30N4O/c1-3-13-31(14-4-1)49-52-50(32-15-5-2-6-16-32)54-51(53-49)40-23-12-26-45-46(40)41-30-34(27-28-44(41)56-45)33-17-9-18-35(29-33)55-42-24-10-21-38-36-19-7-8-20-37(36)39-22-11-25-43(55)48(39)47(38)42/h1-30H. The Hall–Kier alpha value is -7.63. The molecule has 0 bridgehead atoms. The zero-order chi connectivity index (χ0) is 36.7. The maximum absolute atomic E-state index is 6.49. The van der Waals surface area contributed by atoms with E-state index in [1.54, 1.807) is 0 Å². The Kier molecular flexibility index (Phi) is 6.56. The molecule has 0 aliphatic carbocycles. The molecule has 56 heavy (non-hydrogen) atoms. The molecule has 5 heteroatoms. The van der Waals surface area contributed by atoms with E-state index in [1.165, 1.54) is 43.4 Å². The zero-order valence-electron chi connectivity index (χ0n) is 30.0. The van der Waals surface area contributed by atoms with Crippen molar-refractivity contribution in [3.8, 4) is 51.0 Å². The van der Waals surface area contributed by atoms with E-state index in [9.17, 15) is 0 Å². The second-order valence-corrected chi connectivity index (χ2v) is 14.4. The van der Waals surface area contributed by atoms with Crippen LogP contribution in [-0.4, -0.2) is 19.5 Å². The molecule has 5 nitrogen and oxygen atoms in total. The molecule has 0 aliphatic heterocycles. The minimum absolute atomic E-state index is 0.600. The number of nitrogens with zero attached hydrogens (tertiary/aromatic N) is 4. The van der Waals surface area contributed by atoms with Crippen molar-refractivity contribution in [1.29, 1.82) is 0 Å². The van der Waals surface area contributed by atoms with Gasteiger partial charge in [0.1, 0.15) is 11.2 Å². The Bertz CT molecular complexity index is 3330. The third-order valence-corrected chi connectivity index (χ3v) is 11.2. The van der Waals surface area contributed by atoms with Crippen molar-refractivity contribution in [3.63, 3.8) is 0 Å². The Morgan fingerprint density at radius 1 is 0.339 bits per heavy atom. The third-order valence-electron chi connectivity index (χ3n) is 11.2. The summed E-state index contributed by atoms with van der Waals surface area (Å²) in [6, 6.07) is 63.8. The summed E-state index contributed by atoms with van der Waals surface area (Å²) in [7, 11) is 0. The van der Waals surface area contributed by atoms with Gasteiger partial charge < -0.3 is 8.98 Å². The number of fused-ring (bicyclic) bond motifs is 6. The Balaban J connectivity index is 1.04. The summed E-state index contributed by atoms with van der Waals surface area (Å²) >= 11 is 0. The topological polar surface area (TPSA) is 56.7 Å². The lowest BCUT2D eigenvalue weighted by Crippen LogP contribution is -2.00. The van der Waals surface area contributed by atoms with Gasteiger partial charge in [-0.3, -0.25) is 0 Å². The van der Waals surface area contributed by atoms with E-state index in [0.29, 0.717) is 17.5 Å². The van der Waals surface area contributed by atoms with E-state index in [0.717, 1.165) is 55.4 Å². The molecule has 12 aromatic rings. The molecule has 12 rings (SSSR count). The first-order valence-corrected chi connectivity index (χ1v) is 18.9. The molecule has 0 spiro atoms. The maximum Gasteiger partial charge on any atom is 0.164 e. The second-order valence-electron chi connectivity index (χ2n) is 14.4. The van der Waals surface area contributed by atoms with E-state index in [4.69, 9.17) is 19.4 Å². The smallest absolute Gasteiger partial charge is 0.164 e. The summed E-state index contributed by atoms with van der Waals surface area (Å²) in [5.41, 5.74) is 10.1. The number of hydrogen-bond acceptors (Lipinski definition) is 4. The normalized spacial score (nSPS) is 11.9. The van der Waals surface area contributed by atoms with Crippen LogP contribution in [-0.2, 0) is 0 Å². The predicted octanol–water partition coefficient (Wildman–Crippen LogP) is 13.3. The molecule has 0 amide bonds. The highest BCUT2D eigenvalue weighted by Crippen LogP contribution is 2.44. The molecular formula is C51H30N4O. The molecule has 3 heterocycles. The van der Waals surface area contributed by atoms with Crippen LogP contribution in [0.1, 0.15) is 0 Å². The molecule has 0 saturated heterocycles. The molecule has 0 radical (unpaired) electrons. The largest absolute Gasteiger partial charge is 0.456 e. The first-order chi connectivity index (χ1) is 27.8. The van der Waals surface area contributed by atoms with Crippen LogP contribution in [0.25, 0.3) is 116 Å². The van der Waals surface area contributed by atoms with Gasteiger partial charge in [0, 0.05) is 43.9 Å². The van der Waals surface area contributed by atoms with Crippen LogP contribution in [0.2, 0.25) is 0 Å². The van der Waals surface area contributed by atoms with Gasteiger partial charge in [-0.05, 0) is 75.1 Å². The summed E-state index contributed by atoms with van der Waals surface area (Å²) in [5, 5.41) is 9.75. The number of aromatic nitrogens is 4. The maximum atomic E-state index is 6.49. The molecular weight excluding hydrogens is 685 g/mol. The van der Waals surface area contributed by atoms with Gasteiger partial charge in [-0.25, -0.2) is 15.0 Å². The Morgan fingerprint density at radius 3 is 1.54 bits per heavy atom. The van der Waals surface area contributed by atoms with Crippen molar-refractivity contribution >= 4 is 65.3 Å². The van der Waals surface area contributed by atoms with Gasteiger partial charge in [-0.2, -0.15) is 0 Å². The minimum Gasteiger partial charge on any atom is -0.456 e. The lowest BCUT2D eigenvalue weighted by Gasteiger charge is -2.11. The molecule has 0 atom stereocenters. The van der Waals surface area contributed by atoms with Crippen LogP contribution >= 0.6 is 0 Å². The van der Waals surface area contributed by atoms with Crippen LogP contribution in [0.15, 0.2) is 186 Å². The summed E-state index contributed by atoms with van der Waals surface area (Å²) in [5.74, 6) is 1.85. The van der Waals surface area contributed by atoms with Gasteiger partial charge in [0.25, 0.3) is 0 Å². The first kappa shape index (κ1) is 30.8. The minimum atomic E-state index is 0.600. The second kappa shape index (κ2) is 11.9. The van der Waals surface area contributed by atoms with Gasteiger partial charge >= 0.3 is 0 Å². The third kappa shape index (κ3) is 4.58. The summed E-state index contributed by atoms with van der Waals surface area (Å²) in [4.78, 5) is 15.1. The average molecular weight is 715 g/mol. The van der Waals surface area contributed by atoms with E-state index in [2.05, 4.69) is 114 Å². The van der Waals surface area contributed by atoms with Crippen molar-refractivity contribution in [2.45, 2.75) is 0 Å². The van der Waals surface area contributed by atoms with Crippen LogP contribution in [0, 0.1) is 0 Å². The van der Waals surface area contributed by atoms with E-state index in [1.807, 2.05) is 72.8 Å². The summed E-state index contributed by atoms with van der Waals surface area (Å²) in [6.07, 6.45) is 0. The first-order valence-electron chi connectivity index (χ1n) is 18.9. The monoisotopic (exact) mass is 714 g/mol. The number of rotatable bonds is 5. The van der Waals surface area contributed by atoms with E-state index >= 15 is 0 Å². The number of furan rings is 1.